The first-order valence-corrected chi connectivity index (χ1v) is 8.69. The Bertz CT molecular complexity index is 988. The number of carbonyl (C=O) groups is 1. The molecule has 0 bridgehead atoms. The van der Waals surface area contributed by atoms with E-state index < -0.39 is 17.8 Å². The average molecular weight is 404 g/mol. The number of methoxy groups -OCH3 is 1. The number of anilines is 1. The lowest BCUT2D eigenvalue weighted by Crippen LogP contribution is -2.31. The zero-order valence-corrected chi connectivity index (χ0v) is 15.7. The molecule has 0 radical (unpaired) electrons. The molecule has 152 valence electrons. The summed E-state index contributed by atoms with van der Waals surface area (Å²) < 4.78 is 45.3. The standard InChI is InChI=1S/C20H19F3N4O2/c1-13(14-4-3-5-16(10-14)27-9-8-24-12-27)25-19(28)26-17-7-6-15(20(21,22)23)11-18(17)29-2/h3-13H,1-2H3,(H2,25,26,28). The first-order chi connectivity index (χ1) is 13.8. The van der Waals surface area contributed by atoms with Gasteiger partial charge >= 0.3 is 12.2 Å². The molecule has 0 spiro atoms. The van der Waals surface area contributed by atoms with Crippen molar-refractivity contribution in [2.75, 3.05) is 12.4 Å². The molecule has 9 heteroatoms. The third-order valence-corrected chi connectivity index (χ3v) is 4.30. The SMILES string of the molecule is COc1cc(C(F)(F)F)ccc1NC(=O)NC(C)c1cccc(-n2ccnc2)c1. The highest BCUT2D eigenvalue weighted by Gasteiger charge is 2.31. The van der Waals surface area contributed by atoms with E-state index in [1.165, 1.54) is 7.11 Å². The number of urea groups is 1. The van der Waals surface area contributed by atoms with Crippen LogP contribution in [0.25, 0.3) is 5.69 Å². The fourth-order valence-corrected chi connectivity index (χ4v) is 2.78. The molecule has 1 atom stereocenters. The van der Waals surface area contributed by atoms with Crippen molar-refractivity contribution in [1.29, 1.82) is 0 Å². The number of imidazole rings is 1. The Morgan fingerprint density at radius 1 is 1.21 bits per heavy atom. The van der Waals surface area contributed by atoms with Crippen LogP contribution < -0.4 is 15.4 Å². The van der Waals surface area contributed by atoms with Gasteiger partial charge in [-0.1, -0.05) is 12.1 Å². The van der Waals surface area contributed by atoms with Gasteiger partial charge in [0.2, 0.25) is 0 Å². The van der Waals surface area contributed by atoms with Crippen LogP contribution in [0.5, 0.6) is 5.75 Å². The summed E-state index contributed by atoms with van der Waals surface area (Å²) in [5.74, 6) is -0.0790. The van der Waals surface area contributed by atoms with E-state index in [2.05, 4.69) is 15.6 Å². The van der Waals surface area contributed by atoms with Crippen molar-refractivity contribution in [3.8, 4) is 11.4 Å². The minimum Gasteiger partial charge on any atom is -0.495 e. The molecule has 0 saturated carbocycles. The van der Waals surface area contributed by atoms with Gasteiger partial charge in [-0.05, 0) is 42.8 Å². The molecule has 6 nitrogen and oxygen atoms in total. The predicted molar refractivity (Wildman–Crippen MR) is 102 cm³/mol. The summed E-state index contributed by atoms with van der Waals surface area (Å²) in [4.78, 5) is 16.4. The van der Waals surface area contributed by atoms with Crippen LogP contribution in [0.3, 0.4) is 0 Å². The minimum absolute atomic E-state index is 0.0790. The molecule has 0 aliphatic heterocycles. The van der Waals surface area contributed by atoms with Crippen molar-refractivity contribution in [3.63, 3.8) is 0 Å². The second kappa shape index (κ2) is 8.26. The highest BCUT2D eigenvalue weighted by molar-refractivity contribution is 5.91. The Kier molecular flexibility index (Phi) is 5.76. The third kappa shape index (κ3) is 4.87. The highest BCUT2D eigenvalue weighted by atomic mass is 19.4. The number of aromatic nitrogens is 2. The number of halogens is 3. The van der Waals surface area contributed by atoms with Crippen molar-refractivity contribution in [3.05, 3.63) is 72.3 Å². The van der Waals surface area contributed by atoms with Crippen molar-refractivity contribution in [1.82, 2.24) is 14.9 Å². The summed E-state index contributed by atoms with van der Waals surface area (Å²) in [5.41, 5.74) is 1.02. The van der Waals surface area contributed by atoms with Crippen LogP contribution in [0.4, 0.5) is 23.7 Å². The Morgan fingerprint density at radius 2 is 2.00 bits per heavy atom. The molecule has 2 aromatic carbocycles. The maximum atomic E-state index is 12.8. The van der Waals surface area contributed by atoms with Crippen molar-refractivity contribution >= 4 is 11.7 Å². The number of ether oxygens (including phenoxy) is 1. The highest BCUT2D eigenvalue weighted by Crippen LogP contribution is 2.35. The number of amides is 2. The molecular weight excluding hydrogens is 385 g/mol. The lowest BCUT2D eigenvalue weighted by Gasteiger charge is -2.18. The van der Waals surface area contributed by atoms with Crippen LogP contribution in [0.1, 0.15) is 24.1 Å². The first kappa shape index (κ1) is 20.2. The monoisotopic (exact) mass is 404 g/mol. The molecule has 3 aromatic rings. The van der Waals surface area contributed by atoms with Crippen LogP contribution in [0.2, 0.25) is 0 Å². The number of nitrogens with zero attached hydrogens (tertiary/aromatic N) is 2. The summed E-state index contributed by atoms with van der Waals surface area (Å²) in [6.45, 7) is 1.80. The summed E-state index contributed by atoms with van der Waals surface area (Å²) in [6.07, 6.45) is 0.643. The molecule has 0 saturated heterocycles. The molecule has 0 aliphatic carbocycles. The molecule has 3 rings (SSSR count). The molecule has 0 aliphatic rings. The van der Waals surface area contributed by atoms with E-state index in [0.29, 0.717) is 0 Å². The molecule has 2 amide bonds. The number of rotatable bonds is 5. The predicted octanol–water partition coefficient (Wildman–Crippen LogP) is 4.78. The van der Waals surface area contributed by atoms with Crippen LogP contribution in [-0.2, 0) is 6.18 Å². The molecule has 2 N–H and O–H groups in total. The molecule has 1 unspecified atom stereocenters. The Morgan fingerprint density at radius 3 is 2.66 bits per heavy atom. The van der Waals surface area contributed by atoms with Crippen LogP contribution in [0.15, 0.2) is 61.2 Å². The Labute approximate surface area is 165 Å². The number of hydrogen-bond acceptors (Lipinski definition) is 3. The van der Waals surface area contributed by atoms with Crippen molar-refractivity contribution in [2.24, 2.45) is 0 Å². The number of alkyl halides is 3. The normalized spacial score (nSPS) is 12.3. The van der Waals surface area contributed by atoms with Gasteiger partial charge in [-0.25, -0.2) is 9.78 Å². The average Bonchev–Trinajstić information content (AvgIpc) is 3.22. The topological polar surface area (TPSA) is 68.2 Å². The van der Waals surface area contributed by atoms with E-state index >= 15 is 0 Å². The maximum Gasteiger partial charge on any atom is 0.416 e. The van der Waals surface area contributed by atoms with Gasteiger partial charge in [-0.2, -0.15) is 13.2 Å². The summed E-state index contributed by atoms with van der Waals surface area (Å²) in [6, 6.07) is 9.51. The third-order valence-electron chi connectivity index (χ3n) is 4.30. The molecule has 29 heavy (non-hydrogen) atoms. The van der Waals surface area contributed by atoms with E-state index in [4.69, 9.17) is 4.74 Å². The van der Waals surface area contributed by atoms with E-state index in [-0.39, 0.29) is 17.5 Å². The summed E-state index contributed by atoms with van der Waals surface area (Å²) in [5, 5.41) is 5.29. The number of nitrogens with one attached hydrogen (secondary N) is 2. The van der Waals surface area contributed by atoms with Gasteiger partial charge in [0.25, 0.3) is 0 Å². The summed E-state index contributed by atoms with van der Waals surface area (Å²) >= 11 is 0. The molecule has 1 heterocycles. The van der Waals surface area contributed by atoms with E-state index in [9.17, 15) is 18.0 Å². The van der Waals surface area contributed by atoms with Gasteiger partial charge in [0.1, 0.15) is 5.75 Å². The largest absolute Gasteiger partial charge is 0.495 e. The van der Waals surface area contributed by atoms with Gasteiger partial charge in [0.05, 0.1) is 30.7 Å². The Hall–Kier alpha value is -3.49. The van der Waals surface area contributed by atoms with Crippen LogP contribution in [-0.4, -0.2) is 22.7 Å². The van der Waals surface area contributed by atoms with Crippen LogP contribution in [0, 0.1) is 0 Å². The zero-order chi connectivity index (χ0) is 21.0. The lowest BCUT2D eigenvalue weighted by molar-refractivity contribution is -0.137. The number of hydrogen-bond donors (Lipinski definition) is 2. The molecule has 0 fully saturated rings. The van der Waals surface area contributed by atoms with Gasteiger partial charge in [-0.15, -0.1) is 0 Å². The summed E-state index contributed by atoms with van der Waals surface area (Å²) in [7, 11) is 1.24. The molecule has 1 aromatic heterocycles. The van der Waals surface area contributed by atoms with Gasteiger partial charge in [0.15, 0.2) is 0 Å². The fourth-order valence-electron chi connectivity index (χ4n) is 2.78. The van der Waals surface area contributed by atoms with Crippen molar-refractivity contribution in [2.45, 2.75) is 19.1 Å². The van der Waals surface area contributed by atoms with Gasteiger partial charge in [0, 0.05) is 18.1 Å². The van der Waals surface area contributed by atoms with Gasteiger partial charge in [-0.3, -0.25) is 0 Å². The van der Waals surface area contributed by atoms with Crippen molar-refractivity contribution < 1.29 is 22.7 Å². The second-order valence-electron chi connectivity index (χ2n) is 6.30. The minimum atomic E-state index is -4.50. The fraction of sp³-hybridized carbons (Fsp3) is 0.200. The van der Waals surface area contributed by atoms with E-state index in [1.54, 1.807) is 25.6 Å². The molecular formula is C20H19F3N4O2. The van der Waals surface area contributed by atoms with Gasteiger partial charge < -0.3 is 19.9 Å². The Balaban J connectivity index is 1.70. The van der Waals surface area contributed by atoms with E-state index in [1.807, 2.05) is 28.8 Å². The first-order valence-electron chi connectivity index (χ1n) is 8.69. The zero-order valence-electron chi connectivity index (χ0n) is 15.7. The number of benzene rings is 2. The maximum absolute atomic E-state index is 12.8. The second-order valence-corrected chi connectivity index (χ2v) is 6.30. The lowest BCUT2D eigenvalue weighted by atomic mass is 10.1. The van der Waals surface area contributed by atoms with Crippen LogP contribution >= 0.6 is 0 Å². The quantitative estimate of drug-likeness (QED) is 0.643. The number of carbonyl (C=O) groups excluding carboxylic acids is 1. The smallest absolute Gasteiger partial charge is 0.416 e. The van der Waals surface area contributed by atoms with E-state index in [0.717, 1.165) is 29.4 Å².